The van der Waals surface area contributed by atoms with Crippen molar-refractivity contribution in [2.24, 2.45) is 0 Å². The van der Waals surface area contributed by atoms with Gasteiger partial charge >= 0.3 is 0 Å². The average Bonchev–Trinajstić information content (AvgIpc) is 2.55. The first kappa shape index (κ1) is 14.2. The fourth-order valence-corrected chi connectivity index (χ4v) is 2.81. The normalized spacial score (nSPS) is 16.3. The monoisotopic (exact) mass is 304 g/mol. The van der Waals surface area contributed by atoms with Gasteiger partial charge in [-0.1, -0.05) is 0 Å². The molecule has 0 unspecified atom stereocenters. The van der Waals surface area contributed by atoms with Crippen LogP contribution in [-0.4, -0.2) is 64.3 Å². The molecular formula is C15H17ClN4O. The second-order valence-electron chi connectivity index (χ2n) is 5.08. The van der Waals surface area contributed by atoms with Crippen LogP contribution in [0.25, 0.3) is 11.0 Å². The SMILES string of the molecule is O=C(c1ccc2nccnc2c1)N1CCN(CCCl)CC1. The minimum atomic E-state index is 0.0630. The lowest BCUT2D eigenvalue weighted by Crippen LogP contribution is -2.49. The number of hydrogen-bond donors (Lipinski definition) is 0. The molecule has 6 heteroatoms. The van der Waals surface area contributed by atoms with Gasteiger partial charge in [0.05, 0.1) is 11.0 Å². The van der Waals surface area contributed by atoms with Crippen LogP contribution in [0.5, 0.6) is 0 Å². The second kappa shape index (κ2) is 6.37. The summed E-state index contributed by atoms with van der Waals surface area (Å²) in [5.74, 6) is 0.699. The molecule has 110 valence electrons. The molecule has 0 radical (unpaired) electrons. The number of carbonyl (C=O) groups is 1. The van der Waals surface area contributed by atoms with E-state index in [2.05, 4.69) is 14.9 Å². The van der Waals surface area contributed by atoms with Crippen molar-refractivity contribution in [3.8, 4) is 0 Å². The number of nitrogens with zero attached hydrogens (tertiary/aromatic N) is 4. The van der Waals surface area contributed by atoms with Crippen LogP contribution in [-0.2, 0) is 0 Å². The maximum atomic E-state index is 12.5. The molecule has 1 amide bonds. The summed E-state index contributed by atoms with van der Waals surface area (Å²) in [4.78, 5) is 25.2. The van der Waals surface area contributed by atoms with E-state index in [1.807, 2.05) is 23.1 Å². The van der Waals surface area contributed by atoms with Crippen molar-refractivity contribution < 1.29 is 4.79 Å². The minimum Gasteiger partial charge on any atom is -0.336 e. The van der Waals surface area contributed by atoms with E-state index in [1.54, 1.807) is 12.4 Å². The summed E-state index contributed by atoms with van der Waals surface area (Å²) in [6.45, 7) is 4.13. The number of carbonyl (C=O) groups excluding carboxylic acids is 1. The van der Waals surface area contributed by atoms with Gasteiger partial charge in [0.25, 0.3) is 5.91 Å². The van der Waals surface area contributed by atoms with Crippen LogP contribution in [0.1, 0.15) is 10.4 Å². The van der Waals surface area contributed by atoms with Gasteiger partial charge in [-0.25, -0.2) is 0 Å². The molecule has 0 saturated carbocycles. The van der Waals surface area contributed by atoms with Crippen molar-refractivity contribution >= 4 is 28.5 Å². The molecule has 0 N–H and O–H groups in total. The summed E-state index contributed by atoms with van der Waals surface area (Å²) in [6, 6.07) is 5.49. The largest absolute Gasteiger partial charge is 0.336 e. The first-order valence-electron chi connectivity index (χ1n) is 7.06. The Morgan fingerprint density at radius 1 is 1.10 bits per heavy atom. The van der Waals surface area contributed by atoms with E-state index in [0.717, 1.165) is 43.8 Å². The molecule has 1 aliphatic heterocycles. The van der Waals surface area contributed by atoms with Gasteiger partial charge in [-0.05, 0) is 18.2 Å². The third-order valence-electron chi connectivity index (χ3n) is 3.78. The third kappa shape index (κ3) is 3.14. The Labute approximate surface area is 128 Å². The maximum absolute atomic E-state index is 12.5. The summed E-state index contributed by atoms with van der Waals surface area (Å²) in [7, 11) is 0. The topological polar surface area (TPSA) is 49.3 Å². The molecule has 0 atom stereocenters. The Hall–Kier alpha value is -1.72. The molecule has 1 aromatic carbocycles. The third-order valence-corrected chi connectivity index (χ3v) is 3.95. The zero-order valence-electron chi connectivity index (χ0n) is 11.7. The summed E-state index contributed by atoms with van der Waals surface area (Å²) in [5, 5.41) is 0. The van der Waals surface area contributed by atoms with Gasteiger partial charge in [0.1, 0.15) is 0 Å². The Kier molecular flexibility index (Phi) is 4.31. The molecule has 2 aromatic rings. The first-order valence-corrected chi connectivity index (χ1v) is 7.60. The van der Waals surface area contributed by atoms with Crippen LogP contribution < -0.4 is 0 Å². The quantitative estimate of drug-likeness (QED) is 0.809. The summed E-state index contributed by atoms with van der Waals surface area (Å²) in [6.07, 6.45) is 3.29. The molecule has 1 aromatic heterocycles. The molecule has 2 heterocycles. The van der Waals surface area contributed by atoms with Crippen LogP contribution in [0.2, 0.25) is 0 Å². The zero-order chi connectivity index (χ0) is 14.7. The second-order valence-corrected chi connectivity index (χ2v) is 5.46. The lowest BCUT2D eigenvalue weighted by Gasteiger charge is -2.34. The molecule has 0 aliphatic carbocycles. The number of aromatic nitrogens is 2. The van der Waals surface area contributed by atoms with E-state index >= 15 is 0 Å². The highest BCUT2D eigenvalue weighted by Crippen LogP contribution is 2.14. The predicted octanol–water partition coefficient (Wildman–Crippen LogP) is 1.63. The van der Waals surface area contributed by atoms with E-state index in [0.29, 0.717) is 11.4 Å². The van der Waals surface area contributed by atoms with Gasteiger partial charge in [0.15, 0.2) is 0 Å². The minimum absolute atomic E-state index is 0.0630. The number of alkyl halides is 1. The van der Waals surface area contributed by atoms with Gasteiger partial charge in [-0.2, -0.15) is 0 Å². The maximum Gasteiger partial charge on any atom is 0.254 e. The lowest BCUT2D eigenvalue weighted by molar-refractivity contribution is 0.0644. The molecular weight excluding hydrogens is 288 g/mol. The Balaban J connectivity index is 1.72. The number of rotatable bonds is 3. The van der Waals surface area contributed by atoms with Gasteiger partial charge < -0.3 is 4.90 Å². The average molecular weight is 305 g/mol. The predicted molar refractivity (Wildman–Crippen MR) is 82.6 cm³/mol. The number of amides is 1. The summed E-state index contributed by atoms with van der Waals surface area (Å²) >= 11 is 5.75. The van der Waals surface area contributed by atoms with E-state index in [9.17, 15) is 4.79 Å². The van der Waals surface area contributed by atoms with E-state index in [4.69, 9.17) is 11.6 Å². The van der Waals surface area contributed by atoms with Crippen molar-refractivity contribution in [3.63, 3.8) is 0 Å². The van der Waals surface area contributed by atoms with E-state index in [1.165, 1.54) is 0 Å². The van der Waals surface area contributed by atoms with Crippen LogP contribution in [0.3, 0.4) is 0 Å². The number of piperazine rings is 1. The van der Waals surface area contributed by atoms with Crippen LogP contribution >= 0.6 is 11.6 Å². The van der Waals surface area contributed by atoms with Gasteiger partial charge in [0, 0.05) is 56.6 Å². The molecule has 0 spiro atoms. The molecule has 5 nitrogen and oxygen atoms in total. The highest BCUT2D eigenvalue weighted by Gasteiger charge is 2.21. The molecule has 1 fully saturated rings. The number of hydrogen-bond acceptors (Lipinski definition) is 4. The molecule has 1 saturated heterocycles. The molecule has 3 rings (SSSR count). The van der Waals surface area contributed by atoms with Crippen molar-refractivity contribution in [2.45, 2.75) is 0 Å². The fraction of sp³-hybridized carbons (Fsp3) is 0.400. The highest BCUT2D eigenvalue weighted by atomic mass is 35.5. The van der Waals surface area contributed by atoms with Gasteiger partial charge in [-0.15, -0.1) is 11.6 Å². The van der Waals surface area contributed by atoms with Crippen molar-refractivity contribution in [2.75, 3.05) is 38.6 Å². The first-order chi connectivity index (χ1) is 10.3. The van der Waals surface area contributed by atoms with Crippen molar-refractivity contribution in [3.05, 3.63) is 36.2 Å². The standard InChI is InChI=1S/C15H17ClN4O/c16-3-6-19-7-9-20(10-8-19)15(21)12-1-2-13-14(11-12)18-5-4-17-13/h1-2,4-5,11H,3,6-10H2. The lowest BCUT2D eigenvalue weighted by atomic mass is 10.1. The van der Waals surface area contributed by atoms with E-state index < -0.39 is 0 Å². The van der Waals surface area contributed by atoms with Gasteiger partial charge in [0.2, 0.25) is 0 Å². The number of halogens is 1. The number of fused-ring (bicyclic) bond motifs is 1. The molecule has 21 heavy (non-hydrogen) atoms. The van der Waals surface area contributed by atoms with Crippen LogP contribution in [0.15, 0.2) is 30.6 Å². The Morgan fingerprint density at radius 3 is 2.52 bits per heavy atom. The molecule has 0 bridgehead atoms. The van der Waals surface area contributed by atoms with Crippen LogP contribution in [0, 0.1) is 0 Å². The highest BCUT2D eigenvalue weighted by molar-refractivity contribution is 6.18. The van der Waals surface area contributed by atoms with Crippen molar-refractivity contribution in [1.29, 1.82) is 0 Å². The summed E-state index contributed by atoms with van der Waals surface area (Å²) in [5.41, 5.74) is 2.24. The Morgan fingerprint density at radius 2 is 1.81 bits per heavy atom. The van der Waals surface area contributed by atoms with Crippen LogP contribution in [0.4, 0.5) is 0 Å². The molecule has 1 aliphatic rings. The fourth-order valence-electron chi connectivity index (χ4n) is 2.57. The number of benzene rings is 1. The van der Waals surface area contributed by atoms with Gasteiger partial charge in [-0.3, -0.25) is 19.7 Å². The van der Waals surface area contributed by atoms with Crippen molar-refractivity contribution in [1.82, 2.24) is 19.8 Å². The summed E-state index contributed by atoms with van der Waals surface area (Å²) < 4.78 is 0. The Bertz CT molecular complexity index is 640. The smallest absolute Gasteiger partial charge is 0.254 e. The van der Waals surface area contributed by atoms with E-state index in [-0.39, 0.29) is 5.91 Å². The zero-order valence-corrected chi connectivity index (χ0v) is 12.5.